The van der Waals surface area contributed by atoms with E-state index in [4.69, 9.17) is 5.73 Å². The molecule has 2 heterocycles. The van der Waals surface area contributed by atoms with Gasteiger partial charge in [0.1, 0.15) is 0 Å². The lowest BCUT2D eigenvalue weighted by Crippen LogP contribution is -2.46. The maximum atomic E-state index is 5.85. The van der Waals surface area contributed by atoms with E-state index in [0.29, 0.717) is 12.5 Å². The van der Waals surface area contributed by atoms with Crippen LogP contribution < -0.4 is 16.4 Å². The van der Waals surface area contributed by atoms with E-state index in [1.165, 1.54) is 55.7 Å². The predicted molar refractivity (Wildman–Crippen MR) is 232 cm³/mol. The Morgan fingerprint density at radius 2 is 1.79 bits per heavy atom. The monoisotopic (exact) mass is 717 g/mol. The van der Waals surface area contributed by atoms with Crippen LogP contribution in [0.5, 0.6) is 0 Å². The number of nitrogens with one attached hydrogen (secondary N) is 2. The maximum Gasteiger partial charge on any atom is 0.0541 e. The topological polar surface area (TPSA) is 61.5 Å². The van der Waals surface area contributed by atoms with Crippen molar-refractivity contribution in [2.75, 3.05) is 33.2 Å². The fourth-order valence-electron chi connectivity index (χ4n) is 8.04. The second-order valence-corrected chi connectivity index (χ2v) is 16.3. The highest BCUT2D eigenvalue weighted by Gasteiger charge is 2.26. The highest BCUT2D eigenvalue weighted by molar-refractivity contribution is 5.95. The summed E-state index contributed by atoms with van der Waals surface area (Å²) >= 11 is 0. The predicted octanol–water partition coefficient (Wildman–Crippen LogP) is 9.58. The molecule has 2 unspecified atom stereocenters. The minimum Gasteiger partial charge on any atom is -0.384 e. The van der Waals surface area contributed by atoms with E-state index in [9.17, 15) is 0 Å². The summed E-state index contributed by atoms with van der Waals surface area (Å²) < 4.78 is 2.53. The first-order valence-electron chi connectivity index (χ1n) is 19.6. The van der Waals surface area contributed by atoms with Crippen molar-refractivity contribution in [3.05, 3.63) is 127 Å². The Morgan fingerprint density at radius 1 is 1.06 bits per heavy atom. The molecule has 0 radical (unpaired) electrons. The van der Waals surface area contributed by atoms with E-state index in [1.807, 2.05) is 11.0 Å². The number of nitrogens with two attached hydrogens (primary N) is 1. The quantitative estimate of drug-likeness (QED) is 0.108. The molecule has 6 heteroatoms. The molecular weight excluding hydrogens is 649 g/mol. The number of allylic oxidation sites excluding steroid dienone is 3. The van der Waals surface area contributed by atoms with Crippen molar-refractivity contribution in [1.29, 1.82) is 0 Å². The van der Waals surface area contributed by atoms with Crippen molar-refractivity contribution in [3.8, 4) is 11.1 Å². The summed E-state index contributed by atoms with van der Waals surface area (Å²) in [5.74, 6) is 0.363. The smallest absolute Gasteiger partial charge is 0.0541 e. The van der Waals surface area contributed by atoms with E-state index in [1.54, 1.807) is 6.20 Å². The molecule has 0 fully saturated rings. The van der Waals surface area contributed by atoms with Gasteiger partial charge in [-0.2, -0.15) is 0 Å². The van der Waals surface area contributed by atoms with Gasteiger partial charge in [0.2, 0.25) is 0 Å². The van der Waals surface area contributed by atoms with E-state index < -0.39 is 0 Å². The Labute approximate surface area is 321 Å². The Bertz CT molecular complexity index is 1840. The number of likely N-dealkylation sites (N-methyl/N-ethyl adjacent to an activating group) is 1. The van der Waals surface area contributed by atoms with Crippen LogP contribution in [-0.4, -0.2) is 59.7 Å². The number of rotatable bonds is 19. The largest absolute Gasteiger partial charge is 0.384 e. The average molecular weight is 717 g/mol. The molecule has 2 aromatic carbocycles. The van der Waals surface area contributed by atoms with Gasteiger partial charge in [0.05, 0.1) is 11.7 Å². The Kier molecular flexibility index (Phi) is 14.2. The molecule has 0 bridgehead atoms. The first-order chi connectivity index (χ1) is 25.2. The molecule has 53 heavy (non-hydrogen) atoms. The average Bonchev–Trinajstić information content (AvgIpc) is 3.41. The molecule has 2 atom stereocenters. The van der Waals surface area contributed by atoms with E-state index >= 15 is 0 Å². The van der Waals surface area contributed by atoms with Crippen molar-refractivity contribution in [1.82, 2.24) is 25.0 Å². The summed E-state index contributed by atoms with van der Waals surface area (Å²) in [5.41, 5.74) is 19.7. The highest BCUT2D eigenvalue weighted by Crippen LogP contribution is 2.39. The van der Waals surface area contributed by atoms with Gasteiger partial charge in [-0.25, -0.2) is 0 Å². The SMILES string of the molecule is C=CC(Cc1cc(C)cc(-c2ccc3c(c2)c(CC(C)(C)C)c(C2=C(CC)NCC=C2)n3CC)c1)NC(=C)C(C(C)C)N(C)CCN(C=C)C(=C)CN. The number of aromatic nitrogens is 1. The molecule has 286 valence electrons. The zero-order valence-electron chi connectivity index (χ0n) is 34.4. The molecule has 1 aromatic heterocycles. The van der Waals surface area contributed by atoms with E-state index in [-0.39, 0.29) is 17.5 Å². The fourth-order valence-corrected chi connectivity index (χ4v) is 8.04. The van der Waals surface area contributed by atoms with Crippen LogP contribution in [0.2, 0.25) is 0 Å². The van der Waals surface area contributed by atoms with Gasteiger partial charge < -0.3 is 25.8 Å². The zero-order valence-corrected chi connectivity index (χ0v) is 34.4. The van der Waals surface area contributed by atoms with Gasteiger partial charge in [-0.15, -0.1) is 6.58 Å². The molecule has 0 spiro atoms. The molecule has 1 aliphatic heterocycles. The van der Waals surface area contributed by atoms with E-state index in [2.05, 4.69) is 157 Å². The van der Waals surface area contributed by atoms with Crippen molar-refractivity contribution < 1.29 is 0 Å². The standard InChI is InChI=1S/C47H68N6/c1-14-39(50-35(9)45(32(5)6)51(13)23-24-52(16-3)34(8)31-48)28-36-25-33(7)26-38(27-36)37-20-21-44-41(29-37)42(30-47(10,11)12)46(53(44)17-4)40-19-18-22-49-43(40)15-2/h14,16,18-21,25-27,29,32,39,45,49-50H,1,3,8-9,15,17,22-24,28,30-31,48H2,2,4-7,10-13H3. The number of fused-ring (bicyclic) bond motifs is 1. The van der Waals surface area contributed by atoms with Gasteiger partial charge >= 0.3 is 0 Å². The molecule has 1 aliphatic rings. The van der Waals surface area contributed by atoms with Gasteiger partial charge in [-0.3, -0.25) is 4.90 Å². The van der Waals surface area contributed by atoms with Crippen molar-refractivity contribution in [3.63, 3.8) is 0 Å². The molecule has 0 amide bonds. The van der Waals surface area contributed by atoms with Gasteiger partial charge in [0.15, 0.2) is 0 Å². The van der Waals surface area contributed by atoms with Crippen molar-refractivity contribution in [2.45, 2.75) is 93.3 Å². The third-order valence-corrected chi connectivity index (χ3v) is 10.4. The van der Waals surface area contributed by atoms with Crippen LogP contribution in [0.4, 0.5) is 0 Å². The van der Waals surface area contributed by atoms with Crippen LogP contribution in [0.15, 0.2) is 104 Å². The Balaban J connectivity index is 1.66. The lowest BCUT2D eigenvalue weighted by atomic mass is 9.85. The second kappa shape index (κ2) is 18.2. The van der Waals surface area contributed by atoms with Crippen LogP contribution in [0, 0.1) is 18.3 Å². The fraction of sp³-hybridized carbons (Fsp3) is 0.447. The number of aryl methyl sites for hydroxylation is 2. The summed E-state index contributed by atoms with van der Waals surface area (Å²) in [6.07, 6.45) is 11.2. The first kappa shape index (κ1) is 41.5. The summed E-state index contributed by atoms with van der Waals surface area (Å²) in [5, 5.41) is 8.78. The molecule has 6 nitrogen and oxygen atoms in total. The normalized spacial score (nSPS) is 14.4. The van der Waals surface area contributed by atoms with Crippen LogP contribution in [-0.2, 0) is 19.4 Å². The lowest BCUT2D eigenvalue weighted by Gasteiger charge is -2.36. The second-order valence-electron chi connectivity index (χ2n) is 16.3. The minimum absolute atomic E-state index is 0.0358. The number of hydrogen-bond donors (Lipinski definition) is 3. The summed E-state index contributed by atoms with van der Waals surface area (Å²) in [6.45, 7) is 38.9. The molecule has 0 aliphatic carbocycles. The number of nitrogens with zero attached hydrogens (tertiary/aromatic N) is 3. The number of benzene rings is 2. The molecule has 0 saturated carbocycles. The third-order valence-electron chi connectivity index (χ3n) is 10.4. The first-order valence-corrected chi connectivity index (χ1v) is 19.6. The Morgan fingerprint density at radius 3 is 2.40 bits per heavy atom. The summed E-state index contributed by atoms with van der Waals surface area (Å²) in [4.78, 5) is 4.38. The number of hydrogen-bond acceptors (Lipinski definition) is 5. The molecule has 3 aromatic rings. The minimum atomic E-state index is 0.0358. The molecule has 0 saturated heterocycles. The summed E-state index contributed by atoms with van der Waals surface area (Å²) in [7, 11) is 2.16. The van der Waals surface area contributed by atoms with Gasteiger partial charge in [-0.1, -0.05) is 109 Å². The lowest BCUT2D eigenvalue weighted by molar-refractivity contribution is 0.200. The maximum absolute atomic E-state index is 5.85. The van der Waals surface area contributed by atoms with Crippen molar-refractivity contribution in [2.24, 2.45) is 17.1 Å². The van der Waals surface area contributed by atoms with Crippen LogP contribution in [0.3, 0.4) is 0 Å². The highest BCUT2D eigenvalue weighted by atomic mass is 15.2. The molecule has 4 N–H and O–H groups in total. The van der Waals surface area contributed by atoms with Gasteiger partial charge in [-0.05, 0) is 92.1 Å². The van der Waals surface area contributed by atoms with Crippen molar-refractivity contribution >= 4 is 16.5 Å². The third kappa shape index (κ3) is 10.0. The van der Waals surface area contributed by atoms with E-state index in [0.717, 1.165) is 56.8 Å². The molecular formula is C47H68N6. The van der Waals surface area contributed by atoms with Crippen LogP contribution in [0.25, 0.3) is 27.6 Å². The molecule has 4 rings (SSSR count). The Hall–Kier alpha value is -4.26. The van der Waals surface area contributed by atoms with Gasteiger partial charge in [0.25, 0.3) is 0 Å². The zero-order chi connectivity index (χ0) is 39.0. The van der Waals surface area contributed by atoms with Crippen LogP contribution in [0.1, 0.15) is 77.3 Å². The number of dihydropyridines is 1. The summed E-state index contributed by atoms with van der Waals surface area (Å²) in [6, 6.07) is 14.3. The van der Waals surface area contributed by atoms with Gasteiger partial charge in [0, 0.05) is 72.3 Å². The van der Waals surface area contributed by atoms with Crippen LogP contribution >= 0.6 is 0 Å².